The smallest absolute Gasteiger partial charge is 0.147 e. The molecule has 0 atom stereocenters. The molecule has 0 unspecified atom stereocenters. The van der Waals surface area contributed by atoms with Crippen LogP contribution in [0.3, 0.4) is 0 Å². The Morgan fingerprint density at radius 2 is 1.39 bits per heavy atom. The van der Waals surface area contributed by atoms with Crippen molar-refractivity contribution >= 4 is 12.4 Å². The van der Waals surface area contributed by atoms with Crippen LogP contribution in [0.5, 0.6) is 0 Å². The van der Waals surface area contributed by atoms with E-state index in [2.05, 4.69) is 36.5 Å². The number of halogens is 1. The maximum absolute atomic E-state index is 2.45. The van der Waals surface area contributed by atoms with Gasteiger partial charge in [-0.1, -0.05) is 0 Å². The van der Waals surface area contributed by atoms with Gasteiger partial charge in [-0.2, -0.15) is 0 Å². The molecule has 0 nitrogen and oxygen atoms in total. The number of hydrogen-bond acceptors (Lipinski definition) is 0. The SMILES string of the molecule is C1=CC[C]([Ti]([C]2=CC=CC2)[CH]2CCCCC2)=C1.Cl. The molecule has 0 amide bonds. The maximum Gasteiger partial charge on any atom is -0.147 e. The van der Waals surface area contributed by atoms with Crippen molar-refractivity contribution in [3.05, 3.63) is 44.2 Å². The molecule has 1 saturated carbocycles. The van der Waals surface area contributed by atoms with Crippen LogP contribution in [0.25, 0.3) is 0 Å². The molecule has 0 heterocycles. The first-order chi connectivity index (χ1) is 8.45. The zero-order valence-electron chi connectivity index (χ0n) is 10.9. The standard InChI is InChI=1S/C6H11.2C5H5.ClH.Ti/c1-2-4-6-5-3-1;2*1-2-4-5-3-1;;/h1H,2-6H2;2*1-3H,4H2;1H;. The molecule has 0 aromatic heterocycles. The second-order valence-corrected chi connectivity index (χ2v) is 9.97. The van der Waals surface area contributed by atoms with Gasteiger partial charge in [0.25, 0.3) is 0 Å². The van der Waals surface area contributed by atoms with Crippen LogP contribution in [-0.2, 0) is 17.9 Å². The first kappa shape index (κ1) is 14.4. The Kier molecular flexibility index (Phi) is 5.54. The van der Waals surface area contributed by atoms with Crippen molar-refractivity contribution in [3.63, 3.8) is 0 Å². The molecule has 18 heavy (non-hydrogen) atoms. The summed E-state index contributed by atoms with van der Waals surface area (Å²) in [5.74, 6) is 0. The second-order valence-electron chi connectivity index (χ2n) is 5.40. The zero-order chi connectivity index (χ0) is 11.5. The summed E-state index contributed by atoms with van der Waals surface area (Å²) in [5, 5.41) is 0. The number of allylic oxidation sites excluding steroid dienone is 8. The van der Waals surface area contributed by atoms with Gasteiger partial charge in [0.2, 0.25) is 0 Å². The third kappa shape index (κ3) is 3.10. The van der Waals surface area contributed by atoms with E-state index in [1.807, 2.05) is 7.76 Å². The van der Waals surface area contributed by atoms with Crippen LogP contribution in [0, 0.1) is 0 Å². The van der Waals surface area contributed by atoms with Gasteiger partial charge < -0.3 is 0 Å². The first-order valence-electron chi connectivity index (χ1n) is 7.04. The van der Waals surface area contributed by atoms with Gasteiger partial charge in [-0.15, -0.1) is 12.4 Å². The molecule has 0 aliphatic heterocycles. The third-order valence-electron chi connectivity index (χ3n) is 4.25. The second kappa shape index (κ2) is 6.94. The van der Waals surface area contributed by atoms with E-state index in [4.69, 9.17) is 0 Å². The van der Waals surface area contributed by atoms with Gasteiger partial charge in [-0.05, 0) is 0 Å². The van der Waals surface area contributed by atoms with Crippen molar-refractivity contribution < 1.29 is 17.9 Å². The molecule has 3 aliphatic rings. The molecule has 0 radical (unpaired) electrons. The molecule has 2 heteroatoms. The molecule has 97 valence electrons. The fraction of sp³-hybridized carbons (Fsp3) is 0.500. The monoisotopic (exact) mass is 297 g/mol. The van der Waals surface area contributed by atoms with Gasteiger partial charge in [-0.3, -0.25) is 0 Å². The van der Waals surface area contributed by atoms with Crippen LogP contribution in [-0.4, -0.2) is 0 Å². The van der Waals surface area contributed by atoms with E-state index < -0.39 is 17.9 Å². The topological polar surface area (TPSA) is 0 Å². The predicted octanol–water partition coefficient (Wildman–Crippen LogP) is 5.47. The summed E-state index contributed by atoms with van der Waals surface area (Å²) >= 11 is -1.14. The van der Waals surface area contributed by atoms with E-state index in [-0.39, 0.29) is 12.4 Å². The van der Waals surface area contributed by atoms with Crippen LogP contribution in [0.15, 0.2) is 44.2 Å². The Morgan fingerprint density at radius 1 is 0.833 bits per heavy atom. The Morgan fingerprint density at radius 3 is 1.83 bits per heavy atom. The average Bonchev–Trinajstić information content (AvgIpc) is 3.04. The summed E-state index contributed by atoms with van der Waals surface area (Å²) in [6.07, 6.45) is 24.2. The molecule has 1 fully saturated rings. The minimum Gasteiger partial charge on any atom is -0.147 e. The minimum absolute atomic E-state index is 0. The molecule has 0 bridgehead atoms. The normalized spacial score (nSPS) is 22.7. The predicted molar refractivity (Wildman–Crippen MR) is 77.8 cm³/mol. The number of rotatable bonds is 3. The molecule has 0 saturated heterocycles. The summed E-state index contributed by atoms with van der Waals surface area (Å²) < 4.78 is 4.76. The van der Waals surface area contributed by atoms with Gasteiger partial charge in [0.15, 0.2) is 0 Å². The van der Waals surface area contributed by atoms with Gasteiger partial charge in [0.05, 0.1) is 0 Å². The molecule has 0 aromatic carbocycles. The first-order valence-corrected chi connectivity index (χ1v) is 9.50. The van der Waals surface area contributed by atoms with Crippen molar-refractivity contribution in [1.29, 1.82) is 0 Å². The van der Waals surface area contributed by atoms with Crippen molar-refractivity contribution in [1.82, 2.24) is 0 Å². The Hall–Kier alpha value is -0.0357. The van der Waals surface area contributed by atoms with E-state index in [9.17, 15) is 0 Å². The molecule has 0 spiro atoms. The molecule has 3 aliphatic carbocycles. The largest absolute Gasteiger partial charge is 0.147 e. The van der Waals surface area contributed by atoms with Crippen LogP contribution < -0.4 is 0 Å². The summed E-state index contributed by atoms with van der Waals surface area (Å²) in [6.45, 7) is 0. The van der Waals surface area contributed by atoms with E-state index in [1.165, 1.54) is 44.9 Å². The third-order valence-corrected chi connectivity index (χ3v) is 9.74. The van der Waals surface area contributed by atoms with Gasteiger partial charge >= 0.3 is 111 Å². The fourth-order valence-corrected chi connectivity index (χ4v) is 9.15. The van der Waals surface area contributed by atoms with E-state index in [1.54, 1.807) is 0 Å². The van der Waals surface area contributed by atoms with Crippen molar-refractivity contribution in [2.24, 2.45) is 0 Å². The fourth-order valence-electron chi connectivity index (χ4n) is 3.42. The molecule has 0 N–H and O–H groups in total. The van der Waals surface area contributed by atoms with Crippen LogP contribution in [0.4, 0.5) is 0 Å². The molecular weight excluding hydrogens is 275 g/mol. The van der Waals surface area contributed by atoms with Crippen LogP contribution in [0.1, 0.15) is 44.9 Å². The summed E-state index contributed by atoms with van der Waals surface area (Å²) in [4.78, 5) is 0. The Labute approximate surface area is 123 Å². The summed E-state index contributed by atoms with van der Waals surface area (Å²) in [5.41, 5.74) is 0. The van der Waals surface area contributed by atoms with E-state index >= 15 is 0 Å². The zero-order valence-corrected chi connectivity index (χ0v) is 13.3. The number of hydrogen-bond donors (Lipinski definition) is 0. The molecule has 3 rings (SSSR count). The van der Waals surface area contributed by atoms with Crippen LogP contribution >= 0.6 is 12.4 Å². The van der Waals surface area contributed by atoms with Crippen LogP contribution in [0.2, 0.25) is 4.22 Å². The van der Waals surface area contributed by atoms with Gasteiger partial charge in [0.1, 0.15) is 0 Å². The summed E-state index contributed by atoms with van der Waals surface area (Å²) in [7, 11) is 0. The molecular formula is C16H22ClTi. The maximum atomic E-state index is 2.45. The van der Waals surface area contributed by atoms with Crippen molar-refractivity contribution in [3.8, 4) is 0 Å². The minimum atomic E-state index is -1.14. The van der Waals surface area contributed by atoms with E-state index in [0.717, 1.165) is 4.22 Å². The van der Waals surface area contributed by atoms with E-state index in [0.29, 0.717) is 0 Å². The van der Waals surface area contributed by atoms with Gasteiger partial charge in [0, 0.05) is 0 Å². The van der Waals surface area contributed by atoms with Crippen molar-refractivity contribution in [2.45, 2.75) is 49.2 Å². The molecule has 0 aromatic rings. The van der Waals surface area contributed by atoms with Gasteiger partial charge in [-0.25, -0.2) is 0 Å². The Bertz CT molecular complexity index is 367. The quantitative estimate of drug-likeness (QED) is 0.606. The van der Waals surface area contributed by atoms with Crippen molar-refractivity contribution in [2.75, 3.05) is 0 Å². The Balaban J connectivity index is 0.00000120. The summed E-state index contributed by atoms with van der Waals surface area (Å²) in [6, 6.07) is 0. The average molecular weight is 298 g/mol.